The van der Waals surface area contributed by atoms with E-state index in [0.29, 0.717) is 25.8 Å². The highest BCUT2D eigenvalue weighted by atomic mass is 16.8. The zero-order valence-electron chi connectivity index (χ0n) is 45.0. The molecule has 476 valence electrons. The molecule has 35 heteroatoms. The lowest BCUT2D eigenvalue weighted by atomic mass is 9.94. The van der Waals surface area contributed by atoms with E-state index in [1.165, 1.54) is 0 Å². The summed E-state index contributed by atoms with van der Waals surface area (Å²) in [5.74, 6) is -2.32. The average Bonchev–Trinajstić information content (AvgIpc) is 3.59. The molecule has 6 heterocycles. The number of hydrogen-bond donors (Lipinski definition) is 20. The number of rotatable bonds is 25. The van der Waals surface area contributed by atoms with Crippen LogP contribution < -0.4 is 21.7 Å². The molecule has 30 atom stereocenters. The third-order valence-electron chi connectivity index (χ3n) is 14.7. The Hall–Kier alpha value is -2.75. The number of nitrogens with two attached hydrogens (primary N) is 1. The predicted molar refractivity (Wildman–Crippen MR) is 261 cm³/mol. The summed E-state index contributed by atoms with van der Waals surface area (Å²) in [5.41, 5.74) is 5.60. The van der Waals surface area contributed by atoms with Gasteiger partial charge in [-0.1, -0.05) is 0 Å². The maximum Gasteiger partial charge on any atom is 0.217 e. The van der Waals surface area contributed by atoms with Crippen molar-refractivity contribution in [2.45, 2.75) is 224 Å². The second-order valence-electron chi connectivity index (χ2n) is 20.7. The Morgan fingerprint density at radius 2 is 0.707 bits per heavy atom. The number of nitrogens with one attached hydrogen (secondary N) is 3. The van der Waals surface area contributed by atoms with Crippen molar-refractivity contribution in [1.82, 2.24) is 16.0 Å². The minimum Gasteiger partial charge on any atom is -0.394 e. The first-order valence-corrected chi connectivity index (χ1v) is 26.8. The number of aliphatic hydroxyl groups is 16. The van der Waals surface area contributed by atoms with E-state index >= 15 is 0 Å². The van der Waals surface area contributed by atoms with Gasteiger partial charge in [0.1, 0.15) is 146 Å². The van der Waals surface area contributed by atoms with Gasteiger partial charge in [-0.15, -0.1) is 0 Å². The highest BCUT2D eigenvalue weighted by Gasteiger charge is 2.58. The van der Waals surface area contributed by atoms with Gasteiger partial charge < -0.3 is 160 Å². The van der Waals surface area contributed by atoms with E-state index in [4.69, 9.17) is 62.6 Å². The van der Waals surface area contributed by atoms with Gasteiger partial charge in [-0.25, -0.2) is 0 Å². The molecule has 0 aromatic rings. The average molecular weight is 1200 g/mol. The predicted octanol–water partition coefficient (Wildman–Crippen LogP) is -12.5. The van der Waals surface area contributed by atoms with Gasteiger partial charge in [-0.3, -0.25) is 14.4 Å². The lowest BCUT2D eigenvalue weighted by Gasteiger charge is -2.50. The third kappa shape index (κ3) is 16.1. The van der Waals surface area contributed by atoms with Crippen molar-refractivity contribution >= 4 is 17.7 Å². The van der Waals surface area contributed by atoms with Crippen LogP contribution in [0.15, 0.2) is 0 Å². The summed E-state index contributed by atoms with van der Waals surface area (Å²) in [6.45, 7) is -1.90. The fraction of sp³-hybridized carbons (Fsp3) is 0.936. The van der Waals surface area contributed by atoms with Gasteiger partial charge in [0, 0.05) is 27.4 Å². The summed E-state index contributed by atoms with van der Waals surface area (Å²) < 4.78 is 70.6. The van der Waals surface area contributed by atoms with Gasteiger partial charge in [-0.2, -0.15) is 0 Å². The molecule has 0 bridgehead atoms. The zero-order valence-corrected chi connectivity index (χ0v) is 45.0. The van der Waals surface area contributed by atoms with Crippen molar-refractivity contribution in [1.29, 1.82) is 0 Å². The molecule has 6 fully saturated rings. The zero-order chi connectivity index (χ0) is 60.4. The van der Waals surface area contributed by atoms with Crippen molar-refractivity contribution in [3.8, 4) is 0 Å². The third-order valence-corrected chi connectivity index (χ3v) is 14.7. The maximum absolute atomic E-state index is 12.7. The minimum atomic E-state index is -2.25. The van der Waals surface area contributed by atoms with Gasteiger partial charge in [0.05, 0.1) is 39.6 Å². The van der Waals surface area contributed by atoms with Crippen molar-refractivity contribution in [2.24, 2.45) is 5.73 Å². The fourth-order valence-electron chi connectivity index (χ4n) is 10.4. The summed E-state index contributed by atoms with van der Waals surface area (Å²) in [6, 6.07) is -4.88. The minimum absolute atomic E-state index is 0.0604. The Morgan fingerprint density at radius 3 is 1.10 bits per heavy atom. The number of aliphatic hydroxyl groups excluding tert-OH is 16. The Kier molecular flexibility index (Phi) is 26.0. The summed E-state index contributed by atoms with van der Waals surface area (Å²) in [4.78, 5) is 37.9. The quantitative estimate of drug-likeness (QED) is 0.0378. The van der Waals surface area contributed by atoms with Crippen LogP contribution in [0.1, 0.15) is 40.0 Å². The molecule has 6 saturated heterocycles. The SMILES string of the molecule is CC(=O)NC1C(OCC2OC(OC3C(CO)OC(OCCCCCN)C(NC(C)=O)C3O)C(O)C(OC3OC(CO)C(OC4OC(CO)C(O)C(O)C4O)C(O)C3NC(C)=O)C2O)OC(CO)C(OC2OC(CO)C(O)C(O)C2O)C1O. The highest BCUT2D eigenvalue weighted by molar-refractivity contribution is 5.74. The van der Waals surface area contributed by atoms with E-state index in [0.717, 1.165) is 20.8 Å². The molecule has 0 spiro atoms. The van der Waals surface area contributed by atoms with Crippen molar-refractivity contribution in [2.75, 3.05) is 52.8 Å². The Balaban J connectivity index is 1.31. The van der Waals surface area contributed by atoms with E-state index in [1.807, 2.05) is 0 Å². The largest absolute Gasteiger partial charge is 0.394 e. The molecule has 0 aliphatic carbocycles. The van der Waals surface area contributed by atoms with Crippen molar-refractivity contribution in [3.05, 3.63) is 0 Å². The first-order chi connectivity index (χ1) is 38.9. The van der Waals surface area contributed by atoms with Gasteiger partial charge in [-0.05, 0) is 25.8 Å². The molecule has 35 nitrogen and oxygen atoms in total. The molecular formula is C47H82N4O31. The fourth-order valence-corrected chi connectivity index (χ4v) is 10.4. The normalized spacial score (nSPS) is 45.5. The lowest BCUT2D eigenvalue weighted by Crippen LogP contribution is -2.70. The molecular weight excluding hydrogens is 1120 g/mol. The van der Waals surface area contributed by atoms with Crippen LogP contribution in [0.5, 0.6) is 0 Å². The summed E-state index contributed by atoms with van der Waals surface area (Å²) in [5, 5.41) is 181. The Morgan fingerprint density at radius 1 is 0.366 bits per heavy atom. The van der Waals surface area contributed by atoms with Crippen LogP contribution >= 0.6 is 0 Å². The topological polar surface area (TPSA) is 548 Å². The molecule has 30 unspecified atom stereocenters. The van der Waals surface area contributed by atoms with E-state index in [2.05, 4.69) is 16.0 Å². The van der Waals surface area contributed by atoms with Crippen molar-refractivity contribution < 1.29 is 153 Å². The number of unbranched alkanes of at least 4 members (excludes halogenated alkanes) is 2. The standard InChI is InChI=1S/C47H82N4O31/c1-15(57)49-24-30(63)39(20(11-54)75-42(24)71-8-6-4-5-7-48)81-47-37(70)41(82-44-26(51-17(3)59)32(65)40(22(13-56)77-44)80-46-36(69)34(67)28(61)19(10-53)74-46)29(62)23(78-47)14-72-43-25(50-16(2)58)31(64)38(21(12-55)76-43)79-45-35(68)33(66)27(60)18(9-52)73-45/h18-47,52-56,60-70H,4-14,48H2,1-3H3,(H,49,57)(H,50,58)(H,51,59). The van der Waals surface area contributed by atoms with Crippen LogP contribution in [0.25, 0.3) is 0 Å². The summed E-state index contributed by atoms with van der Waals surface area (Å²) in [6.07, 6.45) is -48.1. The maximum atomic E-state index is 12.7. The smallest absolute Gasteiger partial charge is 0.217 e. The first kappa shape index (κ1) is 68.4. The van der Waals surface area contributed by atoms with Crippen LogP contribution in [0.2, 0.25) is 0 Å². The molecule has 82 heavy (non-hydrogen) atoms. The molecule has 6 aliphatic rings. The lowest BCUT2D eigenvalue weighted by molar-refractivity contribution is -0.381. The van der Waals surface area contributed by atoms with E-state index in [9.17, 15) is 96.1 Å². The Labute approximate surface area is 468 Å². The highest BCUT2D eigenvalue weighted by Crippen LogP contribution is 2.36. The van der Waals surface area contributed by atoms with Gasteiger partial charge in [0.15, 0.2) is 37.7 Å². The van der Waals surface area contributed by atoms with Crippen LogP contribution in [0.3, 0.4) is 0 Å². The molecule has 21 N–H and O–H groups in total. The number of ether oxygens (including phenoxy) is 12. The summed E-state index contributed by atoms with van der Waals surface area (Å²) in [7, 11) is 0. The second-order valence-corrected chi connectivity index (χ2v) is 20.7. The molecule has 3 amide bonds. The van der Waals surface area contributed by atoms with Gasteiger partial charge in [0.25, 0.3) is 0 Å². The number of carbonyl (C=O) groups is 3. The van der Waals surface area contributed by atoms with Gasteiger partial charge in [0.2, 0.25) is 17.7 Å². The van der Waals surface area contributed by atoms with E-state index in [1.54, 1.807) is 0 Å². The molecule has 0 radical (unpaired) electrons. The monoisotopic (exact) mass is 1200 g/mol. The van der Waals surface area contributed by atoms with Crippen LogP contribution in [-0.4, -0.2) is 336 Å². The summed E-state index contributed by atoms with van der Waals surface area (Å²) >= 11 is 0. The first-order valence-electron chi connectivity index (χ1n) is 26.8. The molecule has 0 saturated carbocycles. The van der Waals surface area contributed by atoms with Gasteiger partial charge >= 0.3 is 0 Å². The molecule has 6 aliphatic heterocycles. The van der Waals surface area contributed by atoms with Crippen LogP contribution in [-0.2, 0) is 71.2 Å². The Bertz CT molecular complexity index is 1980. The van der Waals surface area contributed by atoms with Crippen LogP contribution in [0, 0.1) is 0 Å². The van der Waals surface area contributed by atoms with Crippen molar-refractivity contribution in [3.63, 3.8) is 0 Å². The molecule has 0 aromatic heterocycles. The number of hydrogen-bond acceptors (Lipinski definition) is 32. The molecule has 0 aromatic carbocycles. The van der Waals surface area contributed by atoms with E-state index in [-0.39, 0.29) is 6.61 Å². The second kappa shape index (κ2) is 31.2. The number of carbonyl (C=O) groups excluding carboxylic acids is 3. The van der Waals surface area contributed by atoms with Crippen LogP contribution in [0.4, 0.5) is 0 Å². The number of amides is 3. The molecule has 6 rings (SSSR count). The van der Waals surface area contributed by atoms with E-state index < -0.39 is 241 Å².